The van der Waals surface area contributed by atoms with Crippen molar-refractivity contribution in [2.45, 2.75) is 6.54 Å². The van der Waals surface area contributed by atoms with Gasteiger partial charge in [-0.25, -0.2) is 0 Å². The standard InChI is InChI=1S/C19H17ClN2O4/c1-25-16-7-6-15(11-17(16)26-2)22-9-8-21(18(23)19(22)24)12-13-4-3-5-14(20)10-13/h3-11H,12H2,1-2H3. The Morgan fingerprint density at radius 3 is 2.38 bits per heavy atom. The molecule has 0 amide bonds. The molecule has 1 heterocycles. The van der Waals surface area contributed by atoms with Crippen LogP contribution >= 0.6 is 11.6 Å². The van der Waals surface area contributed by atoms with Crippen LogP contribution in [-0.2, 0) is 6.54 Å². The van der Waals surface area contributed by atoms with E-state index in [1.807, 2.05) is 6.07 Å². The number of hydrogen-bond acceptors (Lipinski definition) is 4. The Kier molecular flexibility index (Phi) is 5.14. The van der Waals surface area contributed by atoms with Gasteiger partial charge >= 0.3 is 11.1 Å². The monoisotopic (exact) mass is 372 g/mol. The minimum Gasteiger partial charge on any atom is -0.493 e. The predicted molar refractivity (Wildman–Crippen MR) is 100.0 cm³/mol. The first-order chi connectivity index (χ1) is 12.5. The minimum atomic E-state index is -0.651. The maximum atomic E-state index is 12.5. The van der Waals surface area contributed by atoms with Crippen LogP contribution in [0.2, 0.25) is 5.02 Å². The van der Waals surface area contributed by atoms with Gasteiger partial charge in [0.05, 0.1) is 26.5 Å². The fourth-order valence-electron chi connectivity index (χ4n) is 2.64. The van der Waals surface area contributed by atoms with Crippen LogP contribution in [0.5, 0.6) is 11.5 Å². The number of aromatic nitrogens is 2. The van der Waals surface area contributed by atoms with Crippen LogP contribution in [0.3, 0.4) is 0 Å². The molecule has 0 unspecified atom stereocenters. The Labute approximate surface area is 154 Å². The molecule has 2 aromatic carbocycles. The molecule has 0 atom stereocenters. The van der Waals surface area contributed by atoms with Crippen LogP contribution in [0.4, 0.5) is 0 Å². The lowest BCUT2D eigenvalue weighted by Gasteiger charge is -2.12. The highest BCUT2D eigenvalue weighted by molar-refractivity contribution is 6.30. The number of methoxy groups -OCH3 is 2. The molecule has 0 radical (unpaired) electrons. The van der Waals surface area contributed by atoms with E-state index in [0.29, 0.717) is 22.2 Å². The van der Waals surface area contributed by atoms with Crippen molar-refractivity contribution in [2.75, 3.05) is 14.2 Å². The van der Waals surface area contributed by atoms with Crippen molar-refractivity contribution in [1.29, 1.82) is 0 Å². The molecule has 0 spiro atoms. The first-order valence-corrected chi connectivity index (χ1v) is 8.20. The zero-order valence-electron chi connectivity index (χ0n) is 14.3. The van der Waals surface area contributed by atoms with E-state index in [1.54, 1.807) is 48.8 Å². The van der Waals surface area contributed by atoms with Crippen molar-refractivity contribution >= 4 is 11.6 Å². The van der Waals surface area contributed by atoms with Gasteiger partial charge in [0.1, 0.15) is 0 Å². The predicted octanol–water partition coefficient (Wildman–Crippen LogP) is 2.72. The van der Waals surface area contributed by atoms with E-state index >= 15 is 0 Å². The minimum absolute atomic E-state index is 0.265. The van der Waals surface area contributed by atoms with Crippen molar-refractivity contribution in [2.24, 2.45) is 0 Å². The van der Waals surface area contributed by atoms with Gasteiger partial charge in [0.15, 0.2) is 11.5 Å². The topological polar surface area (TPSA) is 62.5 Å². The Hall–Kier alpha value is -2.99. The lowest BCUT2D eigenvalue weighted by Crippen LogP contribution is -2.40. The summed E-state index contributed by atoms with van der Waals surface area (Å²) in [6, 6.07) is 12.2. The number of ether oxygens (including phenoxy) is 2. The van der Waals surface area contributed by atoms with Crippen LogP contribution in [0.1, 0.15) is 5.56 Å². The lowest BCUT2D eigenvalue weighted by atomic mass is 10.2. The first-order valence-electron chi connectivity index (χ1n) is 7.82. The van der Waals surface area contributed by atoms with Crippen molar-refractivity contribution < 1.29 is 9.47 Å². The van der Waals surface area contributed by atoms with Crippen LogP contribution in [-0.4, -0.2) is 23.4 Å². The number of halogens is 1. The van der Waals surface area contributed by atoms with Crippen LogP contribution in [0.25, 0.3) is 5.69 Å². The van der Waals surface area contributed by atoms with Crippen molar-refractivity contribution in [1.82, 2.24) is 9.13 Å². The molecule has 3 rings (SSSR count). The van der Waals surface area contributed by atoms with Gasteiger partial charge in [-0.1, -0.05) is 23.7 Å². The molecule has 0 saturated carbocycles. The summed E-state index contributed by atoms with van der Waals surface area (Å²) < 4.78 is 13.1. The molecule has 0 fully saturated rings. The Morgan fingerprint density at radius 1 is 0.923 bits per heavy atom. The zero-order valence-corrected chi connectivity index (χ0v) is 15.1. The average molecular weight is 373 g/mol. The fourth-order valence-corrected chi connectivity index (χ4v) is 2.86. The molecule has 0 aliphatic heterocycles. The lowest BCUT2D eigenvalue weighted by molar-refractivity contribution is 0.355. The summed E-state index contributed by atoms with van der Waals surface area (Å²) in [7, 11) is 3.04. The van der Waals surface area contributed by atoms with E-state index in [9.17, 15) is 9.59 Å². The highest BCUT2D eigenvalue weighted by atomic mass is 35.5. The molecule has 134 valence electrons. The van der Waals surface area contributed by atoms with Crippen molar-refractivity contribution in [3.05, 3.63) is 86.2 Å². The van der Waals surface area contributed by atoms with Gasteiger partial charge in [-0.3, -0.25) is 14.2 Å². The normalized spacial score (nSPS) is 10.6. The maximum absolute atomic E-state index is 12.5. The van der Waals surface area contributed by atoms with E-state index in [0.717, 1.165) is 5.56 Å². The SMILES string of the molecule is COc1ccc(-n2ccn(Cc3cccc(Cl)c3)c(=O)c2=O)cc1OC. The first kappa shape index (κ1) is 17.8. The van der Waals surface area contributed by atoms with Gasteiger partial charge in [0.2, 0.25) is 0 Å². The third kappa shape index (κ3) is 3.50. The van der Waals surface area contributed by atoms with Crippen molar-refractivity contribution in [3.8, 4) is 17.2 Å². The molecule has 0 saturated heterocycles. The van der Waals surface area contributed by atoms with Gasteiger partial charge in [-0.05, 0) is 29.8 Å². The summed E-state index contributed by atoms with van der Waals surface area (Å²) in [6.45, 7) is 0.265. The largest absolute Gasteiger partial charge is 0.493 e. The molecule has 1 aromatic heterocycles. The fraction of sp³-hybridized carbons (Fsp3) is 0.158. The molecule has 3 aromatic rings. The third-order valence-corrected chi connectivity index (χ3v) is 4.18. The third-order valence-electron chi connectivity index (χ3n) is 3.95. The molecular formula is C19H17ClN2O4. The molecule has 0 aliphatic rings. The highest BCUT2D eigenvalue weighted by Gasteiger charge is 2.10. The molecule has 7 heteroatoms. The Balaban J connectivity index is 2.00. The molecule has 0 N–H and O–H groups in total. The van der Waals surface area contributed by atoms with Gasteiger partial charge in [0, 0.05) is 23.5 Å². The number of nitrogens with zero attached hydrogens (tertiary/aromatic N) is 2. The number of rotatable bonds is 5. The van der Waals surface area contributed by atoms with Crippen LogP contribution < -0.4 is 20.6 Å². The van der Waals surface area contributed by atoms with E-state index in [1.165, 1.54) is 23.4 Å². The van der Waals surface area contributed by atoms with Gasteiger partial charge in [-0.2, -0.15) is 0 Å². The van der Waals surface area contributed by atoms with Gasteiger partial charge < -0.3 is 14.0 Å². The molecule has 26 heavy (non-hydrogen) atoms. The summed E-state index contributed by atoms with van der Waals surface area (Å²) in [5, 5.41) is 0.578. The van der Waals surface area contributed by atoms with E-state index in [4.69, 9.17) is 21.1 Å². The summed E-state index contributed by atoms with van der Waals surface area (Å²) in [6.07, 6.45) is 3.12. The van der Waals surface area contributed by atoms with E-state index in [-0.39, 0.29) is 6.54 Å². The highest BCUT2D eigenvalue weighted by Crippen LogP contribution is 2.28. The second-order valence-electron chi connectivity index (χ2n) is 5.58. The maximum Gasteiger partial charge on any atom is 0.320 e. The molecule has 6 nitrogen and oxygen atoms in total. The van der Waals surface area contributed by atoms with E-state index in [2.05, 4.69) is 0 Å². The number of benzene rings is 2. The average Bonchev–Trinajstić information content (AvgIpc) is 2.65. The molecule has 0 bridgehead atoms. The number of hydrogen-bond donors (Lipinski definition) is 0. The van der Waals surface area contributed by atoms with Gasteiger partial charge in [0.25, 0.3) is 0 Å². The quantitative estimate of drug-likeness (QED) is 0.646. The van der Waals surface area contributed by atoms with Crippen molar-refractivity contribution in [3.63, 3.8) is 0 Å². The molecule has 0 aliphatic carbocycles. The summed E-state index contributed by atoms with van der Waals surface area (Å²) in [5.74, 6) is 1.01. The second-order valence-corrected chi connectivity index (χ2v) is 6.01. The summed E-state index contributed by atoms with van der Waals surface area (Å²) in [4.78, 5) is 25.0. The summed E-state index contributed by atoms with van der Waals surface area (Å²) in [5.41, 5.74) is 0.0755. The van der Waals surface area contributed by atoms with E-state index < -0.39 is 11.1 Å². The molecular weight excluding hydrogens is 356 g/mol. The second kappa shape index (κ2) is 7.49. The van der Waals surface area contributed by atoms with Crippen LogP contribution in [0.15, 0.2) is 64.4 Å². The van der Waals surface area contributed by atoms with Crippen LogP contribution in [0, 0.1) is 0 Å². The zero-order chi connectivity index (χ0) is 18.7. The Morgan fingerprint density at radius 2 is 1.69 bits per heavy atom. The smallest absolute Gasteiger partial charge is 0.320 e. The Bertz CT molecular complexity index is 1060. The van der Waals surface area contributed by atoms with Gasteiger partial charge in [-0.15, -0.1) is 0 Å². The summed E-state index contributed by atoms with van der Waals surface area (Å²) >= 11 is 5.97.